The van der Waals surface area contributed by atoms with Crippen molar-refractivity contribution >= 4 is 11.8 Å². The molecule has 17 heavy (non-hydrogen) atoms. The molecule has 6 nitrogen and oxygen atoms in total. The standard InChI is InChI=1S/C11H14N2O4/c14-7-10(15)12-2-4-13(5-3-12)11(16)9-1-6-17-8-9/h1,6,8,14H,2-5,7H2. The maximum Gasteiger partial charge on any atom is 0.257 e. The summed E-state index contributed by atoms with van der Waals surface area (Å²) < 4.78 is 4.86. The third-order valence-corrected chi connectivity index (χ3v) is 2.82. The molecule has 0 aromatic carbocycles. The molecule has 0 radical (unpaired) electrons. The molecule has 1 aromatic rings. The van der Waals surface area contributed by atoms with E-state index in [2.05, 4.69) is 0 Å². The number of nitrogens with zero attached hydrogens (tertiary/aromatic N) is 2. The minimum Gasteiger partial charge on any atom is -0.472 e. The van der Waals surface area contributed by atoms with Crippen LogP contribution in [0.5, 0.6) is 0 Å². The minimum absolute atomic E-state index is 0.0881. The Morgan fingerprint density at radius 2 is 1.88 bits per heavy atom. The van der Waals surface area contributed by atoms with Gasteiger partial charge in [-0.3, -0.25) is 9.59 Å². The molecule has 0 spiro atoms. The molecule has 1 aromatic heterocycles. The first kappa shape index (κ1) is 11.7. The van der Waals surface area contributed by atoms with Crippen molar-refractivity contribution in [3.05, 3.63) is 24.2 Å². The Hall–Kier alpha value is -1.82. The smallest absolute Gasteiger partial charge is 0.257 e. The van der Waals surface area contributed by atoms with Crippen molar-refractivity contribution in [3.63, 3.8) is 0 Å². The normalized spacial score (nSPS) is 16.1. The number of hydrogen-bond donors (Lipinski definition) is 1. The SMILES string of the molecule is O=C(CO)N1CCN(C(=O)c2ccoc2)CC1. The van der Waals surface area contributed by atoms with Gasteiger partial charge in [-0.15, -0.1) is 0 Å². The third kappa shape index (κ3) is 2.47. The molecule has 1 aliphatic rings. The fourth-order valence-corrected chi connectivity index (χ4v) is 1.83. The average molecular weight is 238 g/mol. The molecule has 1 fully saturated rings. The van der Waals surface area contributed by atoms with Gasteiger partial charge in [0.1, 0.15) is 12.9 Å². The summed E-state index contributed by atoms with van der Waals surface area (Å²) in [5.41, 5.74) is 0.520. The summed E-state index contributed by atoms with van der Waals surface area (Å²) in [5.74, 6) is -0.379. The lowest BCUT2D eigenvalue weighted by atomic mass is 10.2. The molecule has 92 valence electrons. The first-order valence-electron chi connectivity index (χ1n) is 5.42. The van der Waals surface area contributed by atoms with Crippen LogP contribution < -0.4 is 0 Å². The number of rotatable bonds is 2. The van der Waals surface area contributed by atoms with Gasteiger partial charge < -0.3 is 19.3 Å². The van der Waals surface area contributed by atoms with E-state index in [0.29, 0.717) is 31.7 Å². The Morgan fingerprint density at radius 3 is 2.41 bits per heavy atom. The van der Waals surface area contributed by atoms with E-state index in [9.17, 15) is 9.59 Å². The van der Waals surface area contributed by atoms with Crippen LogP contribution >= 0.6 is 0 Å². The average Bonchev–Trinajstić information content (AvgIpc) is 2.91. The van der Waals surface area contributed by atoms with Crippen LogP contribution in [0.1, 0.15) is 10.4 Å². The van der Waals surface area contributed by atoms with Crippen molar-refractivity contribution in [2.24, 2.45) is 0 Å². The van der Waals surface area contributed by atoms with Crippen LogP contribution in [0.25, 0.3) is 0 Å². The van der Waals surface area contributed by atoms with Crippen molar-refractivity contribution < 1.29 is 19.1 Å². The van der Waals surface area contributed by atoms with Gasteiger partial charge >= 0.3 is 0 Å². The second-order valence-electron chi connectivity index (χ2n) is 3.84. The van der Waals surface area contributed by atoms with E-state index < -0.39 is 6.61 Å². The predicted molar refractivity (Wildman–Crippen MR) is 58.3 cm³/mol. The summed E-state index contributed by atoms with van der Waals surface area (Å²) in [6, 6.07) is 1.62. The van der Waals surface area contributed by atoms with E-state index in [1.807, 2.05) is 0 Å². The quantitative estimate of drug-likeness (QED) is 0.757. The highest BCUT2D eigenvalue weighted by molar-refractivity contribution is 5.94. The fourth-order valence-electron chi connectivity index (χ4n) is 1.83. The zero-order valence-corrected chi connectivity index (χ0v) is 9.33. The summed E-state index contributed by atoms with van der Waals surface area (Å²) in [6.45, 7) is 1.41. The molecule has 0 aliphatic carbocycles. The summed E-state index contributed by atoms with van der Waals surface area (Å²) in [6.07, 6.45) is 2.87. The fraction of sp³-hybridized carbons (Fsp3) is 0.455. The second-order valence-corrected chi connectivity index (χ2v) is 3.84. The van der Waals surface area contributed by atoms with E-state index in [1.54, 1.807) is 15.9 Å². The van der Waals surface area contributed by atoms with Gasteiger partial charge in [-0.05, 0) is 6.07 Å². The molecule has 6 heteroatoms. The lowest BCUT2D eigenvalue weighted by Crippen LogP contribution is -2.51. The molecule has 2 amide bonds. The number of furan rings is 1. The van der Waals surface area contributed by atoms with Gasteiger partial charge in [-0.1, -0.05) is 0 Å². The molecule has 0 unspecified atom stereocenters. The summed E-state index contributed by atoms with van der Waals surface area (Å²) >= 11 is 0. The van der Waals surface area contributed by atoms with Gasteiger partial charge in [0.05, 0.1) is 11.8 Å². The van der Waals surface area contributed by atoms with Gasteiger partial charge in [-0.2, -0.15) is 0 Å². The number of amides is 2. The van der Waals surface area contributed by atoms with E-state index in [0.717, 1.165) is 0 Å². The number of aliphatic hydroxyl groups excluding tert-OH is 1. The monoisotopic (exact) mass is 238 g/mol. The molecule has 2 heterocycles. The van der Waals surface area contributed by atoms with Crippen LogP contribution in [0.4, 0.5) is 0 Å². The van der Waals surface area contributed by atoms with Crippen LogP contribution in [0.2, 0.25) is 0 Å². The summed E-state index contributed by atoms with van der Waals surface area (Å²) in [5, 5.41) is 8.73. The van der Waals surface area contributed by atoms with Crippen molar-refractivity contribution in [3.8, 4) is 0 Å². The third-order valence-electron chi connectivity index (χ3n) is 2.82. The van der Waals surface area contributed by atoms with Gasteiger partial charge in [0.25, 0.3) is 5.91 Å². The number of aliphatic hydroxyl groups is 1. The van der Waals surface area contributed by atoms with Crippen molar-refractivity contribution in [2.45, 2.75) is 0 Å². The summed E-state index contributed by atoms with van der Waals surface area (Å²) in [7, 11) is 0. The van der Waals surface area contributed by atoms with Crippen LogP contribution in [-0.2, 0) is 4.79 Å². The molecule has 0 saturated carbocycles. The Bertz CT molecular complexity index is 394. The van der Waals surface area contributed by atoms with E-state index in [4.69, 9.17) is 9.52 Å². The van der Waals surface area contributed by atoms with Crippen LogP contribution in [0.15, 0.2) is 23.0 Å². The van der Waals surface area contributed by atoms with Crippen LogP contribution in [0, 0.1) is 0 Å². The summed E-state index contributed by atoms with van der Waals surface area (Å²) in [4.78, 5) is 26.4. The molecule has 1 saturated heterocycles. The highest BCUT2D eigenvalue weighted by Gasteiger charge is 2.24. The van der Waals surface area contributed by atoms with Gasteiger partial charge in [0.2, 0.25) is 5.91 Å². The number of hydrogen-bond acceptors (Lipinski definition) is 4. The first-order chi connectivity index (χ1) is 8.22. The second kappa shape index (κ2) is 5.01. The largest absolute Gasteiger partial charge is 0.472 e. The Kier molecular flexibility index (Phi) is 3.43. The van der Waals surface area contributed by atoms with Crippen molar-refractivity contribution in [1.29, 1.82) is 0 Å². The zero-order chi connectivity index (χ0) is 12.3. The lowest BCUT2D eigenvalue weighted by molar-refractivity contribution is -0.135. The Morgan fingerprint density at radius 1 is 1.24 bits per heavy atom. The maximum atomic E-state index is 11.9. The molecule has 0 bridgehead atoms. The highest BCUT2D eigenvalue weighted by atomic mass is 16.3. The Labute approximate surface area is 98.4 Å². The minimum atomic E-state index is -0.477. The van der Waals surface area contributed by atoms with Gasteiger partial charge in [0.15, 0.2) is 0 Å². The Balaban J connectivity index is 1.91. The highest BCUT2D eigenvalue weighted by Crippen LogP contribution is 2.09. The van der Waals surface area contributed by atoms with Crippen LogP contribution in [-0.4, -0.2) is 59.5 Å². The van der Waals surface area contributed by atoms with Gasteiger partial charge in [0, 0.05) is 26.2 Å². The molecular formula is C11H14N2O4. The van der Waals surface area contributed by atoms with E-state index in [-0.39, 0.29) is 11.8 Å². The molecule has 2 rings (SSSR count). The predicted octanol–water partition coefficient (Wildman–Crippen LogP) is -0.444. The van der Waals surface area contributed by atoms with Crippen molar-refractivity contribution in [2.75, 3.05) is 32.8 Å². The number of piperazine rings is 1. The lowest BCUT2D eigenvalue weighted by Gasteiger charge is -2.34. The molecule has 1 N–H and O–H groups in total. The van der Waals surface area contributed by atoms with Crippen molar-refractivity contribution in [1.82, 2.24) is 9.80 Å². The number of carbonyl (C=O) groups excluding carboxylic acids is 2. The van der Waals surface area contributed by atoms with Gasteiger partial charge in [-0.25, -0.2) is 0 Å². The molecule has 1 aliphatic heterocycles. The number of carbonyl (C=O) groups is 2. The van der Waals surface area contributed by atoms with Crippen LogP contribution in [0.3, 0.4) is 0 Å². The molecular weight excluding hydrogens is 224 g/mol. The topological polar surface area (TPSA) is 74.0 Å². The first-order valence-corrected chi connectivity index (χ1v) is 5.42. The zero-order valence-electron chi connectivity index (χ0n) is 9.33. The maximum absolute atomic E-state index is 11.9. The van der Waals surface area contributed by atoms with E-state index >= 15 is 0 Å². The van der Waals surface area contributed by atoms with E-state index in [1.165, 1.54) is 12.5 Å². The molecule has 0 atom stereocenters.